The van der Waals surface area contributed by atoms with E-state index in [1.165, 1.54) is 0 Å². The summed E-state index contributed by atoms with van der Waals surface area (Å²) in [6.45, 7) is 3.58. The summed E-state index contributed by atoms with van der Waals surface area (Å²) in [5, 5.41) is 9.61. The van der Waals surface area contributed by atoms with Gasteiger partial charge in [-0.2, -0.15) is 0 Å². The molecule has 0 heterocycles. The van der Waals surface area contributed by atoms with Crippen LogP contribution in [-0.4, -0.2) is 10.9 Å². The lowest BCUT2D eigenvalue weighted by atomic mass is 10.3. The number of phenols is 1. The summed E-state index contributed by atoms with van der Waals surface area (Å²) < 4.78 is 0. The van der Waals surface area contributed by atoms with Crippen molar-refractivity contribution in [2.75, 3.05) is 5.75 Å². The minimum Gasteiger partial charge on any atom is -0.508 e. The lowest BCUT2D eigenvalue weighted by Gasteiger charge is -1.99. The van der Waals surface area contributed by atoms with Crippen LogP contribution in [0, 0.1) is 0 Å². The van der Waals surface area contributed by atoms with Gasteiger partial charge in [0.15, 0.2) is 0 Å². The maximum Gasteiger partial charge on any atom is 0.115 e. The molecule has 0 aliphatic rings. The molecule has 1 aromatic carbocycles. The van der Waals surface area contributed by atoms with Gasteiger partial charge in [0.1, 0.15) is 5.75 Å². The fourth-order valence-corrected chi connectivity index (χ4v) is 1.52. The second-order valence-corrected chi connectivity index (χ2v) is 3.88. The zero-order chi connectivity index (χ0) is 8.97. The van der Waals surface area contributed by atoms with E-state index in [4.69, 9.17) is 16.7 Å². The zero-order valence-corrected chi connectivity index (χ0v) is 8.03. The van der Waals surface area contributed by atoms with Gasteiger partial charge in [0.25, 0.3) is 0 Å². The Morgan fingerprint density at radius 3 is 2.50 bits per heavy atom. The molecule has 0 spiro atoms. The first kappa shape index (κ1) is 9.49. The Balaban J connectivity index is 2.53. The Labute approximate surface area is 81.1 Å². The second kappa shape index (κ2) is 4.43. The van der Waals surface area contributed by atoms with Gasteiger partial charge in [0.05, 0.1) is 0 Å². The molecule has 0 atom stereocenters. The van der Waals surface area contributed by atoms with E-state index >= 15 is 0 Å². The van der Waals surface area contributed by atoms with E-state index in [1.54, 1.807) is 23.9 Å². The lowest BCUT2D eigenvalue weighted by molar-refractivity contribution is 0.475. The topological polar surface area (TPSA) is 20.2 Å². The van der Waals surface area contributed by atoms with Crippen molar-refractivity contribution in [2.24, 2.45) is 0 Å². The maximum absolute atomic E-state index is 8.98. The molecule has 3 heteroatoms. The van der Waals surface area contributed by atoms with Crippen LogP contribution in [0.1, 0.15) is 0 Å². The molecule has 0 fully saturated rings. The highest BCUT2D eigenvalue weighted by atomic mass is 35.5. The molecule has 12 heavy (non-hydrogen) atoms. The summed E-state index contributed by atoms with van der Waals surface area (Å²) >= 11 is 7.19. The van der Waals surface area contributed by atoms with Crippen molar-refractivity contribution in [2.45, 2.75) is 4.90 Å². The Morgan fingerprint density at radius 1 is 1.42 bits per heavy atom. The van der Waals surface area contributed by atoms with Crippen molar-refractivity contribution < 1.29 is 5.11 Å². The molecule has 64 valence electrons. The molecule has 0 aliphatic heterocycles. The van der Waals surface area contributed by atoms with E-state index in [9.17, 15) is 0 Å². The maximum atomic E-state index is 8.98. The number of phenolic OH excluding ortho intramolecular Hbond substituents is 1. The number of thioether (sulfide) groups is 1. The lowest BCUT2D eigenvalue weighted by Crippen LogP contribution is -1.76. The van der Waals surface area contributed by atoms with Crippen LogP contribution < -0.4 is 0 Å². The highest BCUT2D eigenvalue weighted by molar-refractivity contribution is 7.99. The van der Waals surface area contributed by atoms with Gasteiger partial charge >= 0.3 is 0 Å². The third kappa shape index (κ3) is 3.20. The zero-order valence-electron chi connectivity index (χ0n) is 6.46. The Hall–Kier alpha value is -0.600. The predicted molar refractivity (Wildman–Crippen MR) is 53.8 cm³/mol. The Morgan fingerprint density at radius 2 is 2.00 bits per heavy atom. The van der Waals surface area contributed by atoms with Crippen molar-refractivity contribution in [1.82, 2.24) is 0 Å². The average molecular weight is 201 g/mol. The second-order valence-electron chi connectivity index (χ2n) is 2.30. The molecular weight excluding hydrogens is 192 g/mol. The van der Waals surface area contributed by atoms with Crippen molar-refractivity contribution in [3.05, 3.63) is 35.9 Å². The van der Waals surface area contributed by atoms with Gasteiger partial charge in [-0.1, -0.05) is 18.2 Å². The Kier molecular flexibility index (Phi) is 3.50. The molecule has 0 amide bonds. The van der Waals surface area contributed by atoms with Crippen molar-refractivity contribution >= 4 is 23.4 Å². The summed E-state index contributed by atoms with van der Waals surface area (Å²) in [6.07, 6.45) is 0. The van der Waals surface area contributed by atoms with E-state index in [1.807, 2.05) is 12.1 Å². The van der Waals surface area contributed by atoms with Crippen molar-refractivity contribution in [3.63, 3.8) is 0 Å². The highest BCUT2D eigenvalue weighted by Gasteiger charge is 1.94. The molecule has 1 N–H and O–H groups in total. The summed E-state index contributed by atoms with van der Waals surface area (Å²) in [4.78, 5) is 1.08. The summed E-state index contributed by atoms with van der Waals surface area (Å²) in [5.74, 6) is 0.982. The summed E-state index contributed by atoms with van der Waals surface area (Å²) in [5.41, 5.74) is 0. The van der Waals surface area contributed by atoms with Gasteiger partial charge in [-0.15, -0.1) is 11.8 Å². The number of aromatic hydroxyl groups is 1. The van der Waals surface area contributed by atoms with Crippen LogP contribution in [-0.2, 0) is 0 Å². The minimum absolute atomic E-state index is 0.282. The molecule has 0 saturated heterocycles. The molecule has 0 saturated carbocycles. The van der Waals surface area contributed by atoms with Gasteiger partial charge < -0.3 is 5.11 Å². The molecule has 1 rings (SSSR count). The van der Waals surface area contributed by atoms with Crippen LogP contribution in [0.25, 0.3) is 0 Å². The van der Waals surface area contributed by atoms with Crippen LogP contribution in [0.2, 0.25) is 0 Å². The molecule has 1 aromatic rings. The van der Waals surface area contributed by atoms with Gasteiger partial charge in [-0.3, -0.25) is 0 Å². The van der Waals surface area contributed by atoms with Crippen LogP contribution in [0.5, 0.6) is 5.75 Å². The van der Waals surface area contributed by atoms with E-state index < -0.39 is 0 Å². The molecule has 0 unspecified atom stereocenters. The first-order valence-corrected chi connectivity index (χ1v) is 4.80. The van der Waals surface area contributed by atoms with E-state index in [0.29, 0.717) is 10.8 Å². The van der Waals surface area contributed by atoms with Gasteiger partial charge in [0, 0.05) is 15.7 Å². The fourth-order valence-electron chi connectivity index (χ4n) is 0.704. The first-order valence-electron chi connectivity index (χ1n) is 3.43. The third-order valence-electron chi connectivity index (χ3n) is 1.23. The standard InChI is InChI=1S/C9H9ClOS/c1-7(10)6-12-9-4-2-8(11)3-5-9/h2-5,11H,1,6H2. The van der Waals surface area contributed by atoms with Crippen LogP contribution in [0.3, 0.4) is 0 Å². The third-order valence-corrected chi connectivity index (χ3v) is 2.62. The first-order chi connectivity index (χ1) is 5.68. The fraction of sp³-hybridized carbons (Fsp3) is 0.111. The van der Waals surface area contributed by atoms with E-state index in [0.717, 1.165) is 4.90 Å². The van der Waals surface area contributed by atoms with Gasteiger partial charge in [0.2, 0.25) is 0 Å². The number of halogens is 1. The SMILES string of the molecule is C=C(Cl)CSc1ccc(O)cc1. The molecule has 0 bridgehead atoms. The quantitative estimate of drug-likeness (QED) is 0.756. The highest BCUT2D eigenvalue weighted by Crippen LogP contribution is 2.22. The summed E-state index contributed by atoms with van der Waals surface area (Å²) in [6, 6.07) is 7.00. The smallest absolute Gasteiger partial charge is 0.115 e. The number of hydrogen-bond acceptors (Lipinski definition) is 2. The van der Waals surface area contributed by atoms with Crippen LogP contribution in [0.15, 0.2) is 40.8 Å². The molecule has 0 radical (unpaired) electrons. The van der Waals surface area contributed by atoms with E-state index in [-0.39, 0.29) is 5.75 Å². The normalized spacial score (nSPS) is 9.75. The van der Waals surface area contributed by atoms with Gasteiger partial charge in [-0.25, -0.2) is 0 Å². The monoisotopic (exact) mass is 200 g/mol. The van der Waals surface area contributed by atoms with Crippen molar-refractivity contribution in [3.8, 4) is 5.75 Å². The van der Waals surface area contributed by atoms with Crippen LogP contribution in [0.4, 0.5) is 0 Å². The van der Waals surface area contributed by atoms with E-state index in [2.05, 4.69) is 6.58 Å². The molecule has 1 nitrogen and oxygen atoms in total. The van der Waals surface area contributed by atoms with Gasteiger partial charge in [-0.05, 0) is 24.3 Å². The number of benzene rings is 1. The largest absolute Gasteiger partial charge is 0.508 e. The van der Waals surface area contributed by atoms with Crippen LogP contribution >= 0.6 is 23.4 Å². The average Bonchev–Trinajstić information content (AvgIpc) is 2.03. The number of hydrogen-bond donors (Lipinski definition) is 1. The Bertz CT molecular complexity index is 268. The molecule has 0 aromatic heterocycles. The van der Waals surface area contributed by atoms with Crippen molar-refractivity contribution in [1.29, 1.82) is 0 Å². The predicted octanol–water partition coefficient (Wildman–Crippen LogP) is 3.24. The molecule has 0 aliphatic carbocycles. The number of rotatable bonds is 3. The molecular formula is C9H9ClOS. The summed E-state index contributed by atoms with van der Waals surface area (Å²) in [7, 11) is 0. The minimum atomic E-state index is 0.282.